The number of hydrogen-bond donors (Lipinski definition) is 3. The average molecular weight is 318 g/mol. The molecule has 1 aromatic carbocycles. The molecule has 1 atom stereocenters. The van der Waals surface area contributed by atoms with Crippen LogP contribution in [0.15, 0.2) is 24.3 Å². The van der Waals surface area contributed by atoms with E-state index in [1.807, 2.05) is 5.32 Å². The molecule has 0 radical (unpaired) electrons. The van der Waals surface area contributed by atoms with Gasteiger partial charge in [0.25, 0.3) is 0 Å². The first-order valence-electron chi connectivity index (χ1n) is 6.68. The number of rotatable bonds is 5. The van der Waals surface area contributed by atoms with E-state index in [1.54, 1.807) is 6.92 Å². The van der Waals surface area contributed by atoms with E-state index in [0.29, 0.717) is 6.42 Å². The van der Waals surface area contributed by atoms with Crippen molar-refractivity contribution in [2.45, 2.75) is 32.0 Å². The predicted octanol–water partition coefficient (Wildman–Crippen LogP) is 1.92. The molecule has 0 aliphatic heterocycles. The highest BCUT2D eigenvalue weighted by Crippen LogP contribution is 2.34. The molecule has 0 fully saturated rings. The number of aliphatic hydroxyl groups is 1. The Morgan fingerprint density at radius 2 is 1.86 bits per heavy atom. The third kappa shape index (κ3) is 5.03. The van der Waals surface area contributed by atoms with Gasteiger partial charge in [-0.3, -0.25) is 9.59 Å². The highest BCUT2D eigenvalue weighted by molar-refractivity contribution is 6.39. The van der Waals surface area contributed by atoms with E-state index >= 15 is 0 Å². The van der Waals surface area contributed by atoms with E-state index < -0.39 is 35.3 Å². The Hall–Kier alpha value is -2.09. The monoisotopic (exact) mass is 318 g/mol. The van der Waals surface area contributed by atoms with E-state index in [-0.39, 0.29) is 13.0 Å². The van der Waals surface area contributed by atoms with Crippen LogP contribution >= 0.6 is 0 Å². The standard InChI is InChI=1S/C14H17F3N2O3/c1-2-9(7-8-20)18-12(21)13(22)19-11-6-4-3-5-10(11)14(15,16)17/h3-6,9,20H,2,7-8H2,1H3,(H,18,21)(H,19,22). The Balaban J connectivity index is 2.79. The van der Waals surface area contributed by atoms with E-state index in [9.17, 15) is 22.8 Å². The number of nitrogens with one attached hydrogen (secondary N) is 2. The summed E-state index contributed by atoms with van der Waals surface area (Å²) >= 11 is 0. The zero-order valence-electron chi connectivity index (χ0n) is 11.9. The fraction of sp³-hybridized carbons (Fsp3) is 0.429. The first-order chi connectivity index (χ1) is 10.3. The number of amides is 2. The summed E-state index contributed by atoms with van der Waals surface area (Å²) < 4.78 is 38.4. The molecule has 0 heterocycles. The van der Waals surface area contributed by atoms with Crippen molar-refractivity contribution in [1.82, 2.24) is 5.32 Å². The van der Waals surface area contributed by atoms with Gasteiger partial charge in [-0.2, -0.15) is 13.2 Å². The number of benzene rings is 1. The zero-order chi connectivity index (χ0) is 16.8. The molecule has 0 aliphatic carbocycles. The van der Waals surface area contributed by atoms with Crippen LogP contribution in [-0.2, 0) is 15.8 Å². The summed E-state index contributed by atoms with van der Waals surface area (Å²) in [7, 11) is 0. The van der Waals surface area contributed by atoms with Crippen LogP contribution in [0.5, 0.6) is 0 Å². The molecular formula is C14H17F3N2O3. The van der Waals surface area contributed by atoms with Crippen molar-refractivity contribution in [3.63, 3.8) is 0 Å². The quantitative estimate of drug-likeness (QED) is 0.726. The maximum absolute atomic E-state index is 12.8. The molecule has 2 amide bonds. The van der Waals surface area contributed by atoms with E-state index in [4.69, 9.17) is 5.11 Å². The zero-order valence-corrected chi connectivity index (χ0v) is 11.9. The van der Waals surface area contributed by atoms with E-state index in [1.165, 1.54) is 12.1 Å². The van der Waals surface area contributed by atoms with E-state index in [2.05, 4.69) is 5.32 Å². The van der Waals surface area contributed by atoms with Crippen molar-refractivity contribution >= 4 is 17.5 Å². The lowest BCUT2D eigenvalue weighted by atomic mass is 10.1. The lowest BCUT2D eigenvalue weighted by Crippen LogP contribution is -2.42. The lowest BCUT2D eigenvalue weighted by molar-refractivity contribution is -0.138. The minimum absolute atomic E-state index is 0.169. The van der Waals surface area contributed by atoms with Gasteiger partial charge in [0.1, 0.15) is 0 Å². The molecule has 0 saturated heterocycles. The molecule has 0 bridgehead atoms. The van der Waals surface area contributed by atoms with Crippen molar-refractivity contribution in [1.29, 1.82) is 0 Å². The van der Waals surface area contributed by atoms with Crippen molar-refractivity contribution in [2.75, 3.05) is 11.9 Å². The van der Waals surface area contributed by atoms with Gasteiger partial charge in [0.2, 0.25) is 0 Å². The van der Waals surface area contributed by atoms with Gasteiger partial charge in [0.05, 0.1) is 11.3 Å². The summed E-state index contributed by atoms with van der Waals surface area (Å²) in [5, 5.41) is 13.1. The number of carbonyl (C=O) groups is 2. The molecule has 5 nitrogen and oxygen atoms in total. The molecule has 0 saturated carbocycles. The van der Waals surface area contributed by atoms with Crippen LogP contribution < -0.4 is 10.6 Å². The van der Waals surface area contributed by atoms with Crippen LogP contribution in [0.2, 0.25) is 0 Å². The molecule has 3 N–H and O–H groups in total. The Morgan fingerprint density at radius 3 is 2.41 bits per heavy atom. The Bertz CT molecular complexity index is 532. The van der Waals surface area contributed by atoms with Gasteiger partial charge >= 0.3 is 18.0 Å². The summed E-state index contributed by atoms with van der Waals surface area (Å²) in [5.74, 6) is -2.23. The maximum Gasteiger partial charge on any atom is 0.418 e. The number of aliphatic hydroxyl groups excluding tert-OH is 1. The topological polar surface area (TPSA) is 78.4 Å². The predicted molar refractivity (Wildman–Crippen MR) is 74.0 cm³/mol. The number of carbonyl (C=O) groups excluding carboxylic acids is 2. The van der Waals surface area contributed by atoms with Gasteiger partial charge in [0, 0.05) is 12.6 Å². The number of alkyl halides is 3. The van der Waals surface area contributed by atoms with Crippen LogP contribution in [0.3, 0.4) is 0 Å². The molecule has 1 aromatic rings. The molecule has 22 heavy (non-hydrogen) atoms. The second-order valence-corrected chi connectivity index (χ2v) is 4.59. The first kappa shape index (κ1) is 18.0. The van der Waals surface area contributed by atoms with Crippen molar-refractivity contribution in [3.05, 3.63) is 29.8 Å². The molecule has 0 aromatic heterocycles. The fourth-order valence-electron chi connectivity index (χ4n) is 1.80. The van der Waals surface area contributed by atoms with E-state index in [0.717, 1.165) is 12.1 Å². The summed E-state index contributed by atoms with van der Waals surface area (Å²) in [6, 6.07) is 3.98. The van der Waals surface area contributed by atoms with Gasteiger partial charge in [-0.05, 0) is 25.0 Å². The number of para-hydroxylation sites is 1. The third-order valence-corrected chi connectivity index (χ3v) is 2.99. The van der Waals surface area contributed by atoms with Gasteiger partial charge in [-0.25, -0.2) is 0 Å². The van der Waals surface area contributed by atoms with Crippen LogP contribution in [0.4, 0.5) is 18.9 Å². The van der Waals surface area contributed by atoms with Gasteiger partial charge in [-0.15, -0.1) is 0 Å². The minimum Gasteiger partial charge on any atom is -0.396 e. The minimum atomic E-state index is -4.64. The van der Waals surface area contributed by atoms with Gasteiger partial charge in [-0.1, -0.05) is 19.1 Å². The highest BCUT2D eigenvalue weighted by atomic mass is 19.4. The highest BCUT2D eigenvalue weighted by Gasteiger charge is 2.34. The fourth-order valence-corrected chi connectivity index (χ4v) is 1.80. The number of hydrogen-bond acceptors (Lipinski definition) is 3. The van der Waals surface area contributed by atoms with Gasteiger partial charge in [0.15, 0.2) is 0 Å². The van der Waals surface area contributed by atoms with Crippen molar-refractivity contribution in [2.24, 2.45) is 0 Å². The van der Waals surface area contributed by atoms with Gasteiger partial charge < -0.3 is 15.7 Å². The molecule has 0 spiro atoms. The number of halogens is 3. The van der Waals surface area contributed by atoms with Crippen molar-refractivity contribution in [3.8, 4) is 0 Å². The molecule has 1 rings (SSSR count). The third-order valence-electron chi connectivity index (χ3n) is 2.99. The SMILES string of the molecule is CCC(CCO)NC(=O)C(=O)Nc1ccccc1C(F)(F)F. The second-order valence-electron chi connectivity index (χ2n) is 4.59. The maximum atomic E-state index is 12.8. The Kier molecular flexibility index (Phi) is 6.36. The summed E-state index contributed by atoms with van der Waals surface area (Å²) in [4.78, 5) is 23.4. The van der Waals surface area contributed by atoms with Crippen molar-refractivity contribution < 1.29 is 27.9 Å². The molecule has 122 valence electrons. The smallest absolute Gasteiger partial charge is 0.396 e. The molecule has 1 unspecified atom stereocenters. The van der Waals surface area contributed by atoms with Crippen LogP contribution in [-0.4, -0.2) is 29.6 Å². The molecular weight excluding hydrogens is 301 g/mol. The van der Waals surface area contributed by atoms with Crippen LogP contribution in [0.25, 0.3) is 0 Å². The number of anilines is 1. The van der Waals surface area contributed by atoms with Crippen LogP contribution in [0, 0.1) is 0 Å². The first-order valence-corrected chi connectivity index (χ1v) is 6.68. The normalized spacial score (nSPS) is 12.6. The summed E-state index contributed by atoms with van der Waals surface area (Å²) in [6.45, 7) is 1.58. The lowest BCUT2D eigenvalue weighted by Gasteiger charge is -2.16. The molecule has 8 heteroatoms. The Labute approximate surface area is 125 Å². The largest absolute Gasteiger partial charge is 0.418 e. The van der Waals surface area contributed by atoms with Crippen LogP contribution in [0.1, 0.15) is 25.3 Å². The second kappa shape index (κ2) is 7.79. The summed E-state index contributed by atoms with van der Waals surface area (Å²) in [5.41, 5.74) is -1.51. The summed E-state index contributed by atoms with van der Waals surface area (Å²) in [6.07, 6.45) is -3.89. The Morgan fingerprint density at radius 1 is 1.23 bits per heavy atom. The average Bonchev–Trinajstić information content (AvgIpc) is 2.46. The molecule has 0 aliphatic rings.